The number of aromatic nitrogens is 1. The number of rotatable bonds is 5. The van der Waals surface area contributed by atoms with Crippen molar-refractivity contribution in [3.8, 4) is 5.75 Å². The highest BCUT2D eigenvalue weighted by molar-refractivity contribution is 5.90. The van der Waals surface area contributed by atoms with Crippen LogP contribution >= 0.6 is 0 Å². The zero-order valence-corrected chi connectivity index (χ0v) is 12.5. The number of fused-ring (bicyclic) bond motifs is 1. The van der Waals surface area contributed by atoms with Crippen LogP contribution in [0.1, 0.15) is 6.42 Å². The maximum absolute atomic E-state index is 12.0. The molecule has 0 radical (unpaired) electrons. The average molecular weight is 294 g/mol. The number of hydrogen-bond acceptors (Lipinski definition) is 2. The molecule has 0 aliphatic carbocycles. The van der Waals surface area contributed by atoms with Gasteiger partial charge in [-0.2, -0.15) is 0 Å². The van der Waals surface area contributed by atoms with Crippen molar-refractivity contribution in [2.75, 3.05) is 12.4 Å². The van der Waals surface area contributed by atoms with Crippen LogP contribution in [-0.4, -0.2) is 17.6 Å². The van der Waals surface area contributed by atoms with E-state index in [-0.39, 0.29) is 5.91 Å². The number of carbonyl (C=O) groups excluding carboxylic acids is 1. The summed E-state index contributed by atoms with van der Waals surface area (Å²) < 4.78 is 7.20. The van der Waals surface area contributed by atoms with Gasteiger partial charge < -0.3 is 14.6 Å². The molecule has 0 saturated heterocycles. The standard InChI is InChI=1S/C18H18N2O2/c1-22-16-8-6-15(7-9-16)19-18(21)11-13-20-12-10-14-4-2-3-5-17(14)20/h2-10,12H,11,13H2,1H3,(H,19,21). The van der Waals surface area contributed by atoms with Gasteiger partial charge in [0.1, 0.15) is 5.75 Å². The van der Waals surface area contributed by atoms with E-state index in [9.17, 15) is 4.79 Å². The summed E-state index contributed by atoms with van der Waals surface area (Å²) in [7, 11) is 1.62. The number of aryl methyl sites for hydroxylation is 1. The fourth-order valence-electron chi connectivity index (χ4n) is 2.46. The second-order valence-electron chi connectivity index (χ2n) is 5.09. The van der Waals surface area contributed by atoms with Crippen molar-refractivity contribution in [3.05, 3.63) is 60.8 Å². The zero-order valence-electron chi connectivity index (χ0n) is 12.5. The SMILES string of the molecule is COc1ccc(NC(=O)CCn2ccc3ccccc32)cc1. The monoisotopic (exact) mass is 294 g/mol. The molecule has 3 aromatic rings. The van der Waals surface area contributed by atoms with Gasteiger partial charge in [0.05, 0.1) is 7.11 Å². The lowest BCUT2D eigenvalue weighted by Gasteiger charge is -2.08. The Kier molecular flexibility index (Phi) is 4.10. The summed E-state index contributed by atoms with van der Waals surface area (Å²) in [4.78, 5) is 12.0. The van der Waals surface area contributed by atoms with E-state index < -0.39 is 0 Å². The lowest BCUT2D eigenvalue weighted by Crippen LogP contribution is -2.14. The van der Waals surface area contributed by atoms with E-state index in [2.05, 4.69) is 28.1 Å². The largest absolute Gasteiger partial charge is 0.497 e. The molecule has 0 aliphatic heterocycles. The summed E-state index contributed by atoms with van der Waals surface area (Å²) in [5.41, 5.74) is 1.93. The maximum Gasteiger partial charge on any atom is 0.226 e. The molecule has 22 heavy (non-hydrogen) atoms. The smallest absolute Gasteiger partial charge is 0.226 e. The van der Waals surface area contributed by atoms with E-state index in [1.54, 1.807) is 7.11 Å². The quantitative estimate of drug-likeness (QED) is 0.780. The molecule has 1 heterocycles. The fraction of sp³-hybridized carbons (Fsp3) is 0.167. The van der Waals surface area contributed by atoms with Gasteiger partial charge in [0.15, 0.2) is 0 Å². The van der Waals surface area contributed by atoms with Crippen molar-refractivity contribution in [2.45, 2.75) is 13.0 Å². The number of nitrogens with zero attached hydrogens (tertiary/aromatic N) is 1. The predicted molar refractivity (Wildman–Crippen MR) is 88.2 cm³/mol. The molecule has 4 heteroatoms. The molecule has 0 fully saturated rings. The summed E-state index contributed by atoms with van der Waals surface area (Å²) >= 11 is 0. The van der Waals surface area contributed by atoms with Crippen LogP contribution in [-0.2, 0) is 11.3 Å². The van der Waals surface area contributed by atoms with Crippen molar-refractivity contribution >= 4 is 22.5 Å². The molecule has 1 aromatic heterocycles. The van der Waals surface area contributed by atoms with Crippen LogP contribution in [0.25, 0.3) is 10.9 Å². The number of ether oxygens (including phenoxy) is 1. The Morgan fingerprint density at radius 1 is 1.09 bits per heavy atom. The summed E-state index contributed by atoms with van der Waals surface area (Å²) in [5.74, 6) is 0.778. The number of benzene rings is 2. The minimum absolute atomic E-state index is 0.00273. The average Bonchev–Trinajstić information content (AvgIpc) is 2.97. The summed E-state index contributed by atoms with van der Waals surface area (Å²) in [6, 6.07) is 17.6. The van der Waals surface area contributed by atoms with E-state index in [1.165, 1.54) is 5.39 Å². The van der Waals surface area contributed by atoms with E-state index in [0.717, 1.165) is 17.0 Å². The molecule has 0 bridgehead atoms. The van der Waals surface area contributed by atoms with Gasteiger partial charge in [0.2, 0.25) is 5.91 Å². The third-order valence-electron chi connectivity index (χ3n) is 3.63. The van der Waals surface area contributed by atoms with Gasteiger partial charge in [0.25, 0.3) is 0 Å². The fourth-order valence-corrected chi connectivity index (χ4v) is 2.46. The van der Waals surface area contributed by atoms with E-state index in [0.29, 0.717) is 13.0 Å². The number of carbonyl (C=O) groups is 1. The molecule has 1 amide bonds. The molecule has 3 rings (SSSR count). The first-order valence-corrected chi connectivity index (χ1v) is 7.24. The summed E-state index contributed by atoms with van der Waals surface area (Å²) in [5, 5.41) is 4.09. The minimum Gasteiger partial charge on any atom is -0.497 e. The Hall–Kier alpha value is -2.75. The zero-order chi connectivity index (χ0) is 15.4. The Morgan fingerprint density at radius 2 is 1.86 bits per heavy atom. The molecular formula is C18H18N2O2. The van der Waals surface area contributed by atoms with Crippen LogP contribution < -0.4 is 10.1 Å². The molecule has 4 nitrogen and oxygen atoms in total. The van der Waals surface area contributed by atoms with Crippen LogP contribution in [0.2, 0.25) is 0 Å². The first-order chi connectivity index (χ1) is 10.8. The van der Waals surface area contributed by atoms with Crippen molar-refractivity contribution in [1.29, 1.82) is 0 Å². The molecule has 1 N–H and O–H groups in total. The third kappa shape index (κ3) is 3.11. The minimum atomic E-state index is 0.00273. The maximum atomic E-state index is 12.0. The Bertz CT molecular complexity index is 775. The van der Waals surface area contributed by atoms with Crippen LogP contribution in [0.4, 0.5) is 5.69 Å². The van der Waals surface area contributed by atoms with Gasteiger partial charge >= 0.3 is 0 Å². The van der Waals surface area contributed by atoms with E-state index >= 15 is 0 Å². The lowest BCUT2D eigenvalue weighted by molar-refractivity contribution is -0.116. The Labute approximate surface area is 129 Å². The topological polar surface area (TPSA) is 43.3 Å². The number of hydrogen-bond donors (Lipinski definition) is 1. The summed E-state index contributed by atoms with van der Waals surface area (Å²) in [6.45, 7) is 0.662. The lowest BCUT2D eigenvalue weighted by atomic mass is 10.2. The molecule has 0 atom stereocenters. The number of para-hydroxylation sites is 1. The molecule has 0 saturated carbocycles. The van der Waals surface area contributed by atoms with Crippen LogP contribution in [0.5, 0.6) is 5.75 Å². The van der Waals surface area contributed by atoms with Crippen LogP contribution in [0.15, 0.2) is 60.8 Å². The molecule has 0 spiro atoms. The second-order valence-corrected chi connectivity index (χ2v) is 5.09. The highest BCUT2D eigenvalue weighted by atomic mass is 16.5. The molecule has 112 valence electrons. The molecule has 0 unspecified atom stereocenters. The summed E-state index contributed by atoms with van der Waals surface area (Å²) in [6.07, 6.45) is 2.45. The van der Waals surface area contributed by atoms with Crippen molar-refractivity contribution < 1.29 is 9.53 Å². The highest BCUT2D eigenvalue weighted by Crippen LogP contribution is 2.17. The number of amides is 1. The van der Waals surface area contributed by atoms with Gasteiger partial charge in [-0.1, -0.05) is 18.2 Å². The highest BCUT2D eigenvalue weighted by Gasteiger charge is 2.05. The molecule has 2 aromatic carbocycles. The van der Waals surface area contributed by atoms with Crippen LogP contribution in [0, 0.1) is 0 Å². The molecule has 0 aliphatic rings. The Morgan fingerprint density at radius 3 is 2.64 bits per heavy atom. The van der Waals surface area contributed by atoms with Gasteiger partial charge in [-0.15, -0.1) is 0 Å². The number of anilines is 1. The Balaban J connectivity index is 1.60. The van der Waals surface area contributed by atoms with Crippen molar-refractivity contribution in [2.24, 2.45) is 0 Å². The van der Waals surface area contributed by atoms with Gasteiger partial charge in [0, 0.05) is 30.4 Å². The first-order valence-electron chi connectivity index (χ1n) is 7.24. The first kappa shape index (κ1) is 14.2. The van der Waals surface area contributed by atoms with E-state index in [4.69, 9.17) is 4.74 Å². The van der Waals surface area contributed by atoms with E-state index in [1.807, 2.05) is 42.6 Å². The van der Waals surface area contributed by atoms with Crippen LogP contribution in [0.3, 0.4) is 0 Å². The van der Waals surface area contributed by atoms with Gasteiger partial charge in [-0.25, -0.2) is 0 Å². The molecular weight excluding hydrogens is 276 g/mol. The predicted octanol–water partition coefficient (Wildman–Crippen LogP) is 3.68. The third-order valence-corrected chi connectivity index (χ3v) is 3.63. The van der Waals surface area contributed by atoms with Gasteiger partial charge in [-0.05, 0) is 41.8 Å². The normalized spacial score (nSPS) is 10.6. The van der Waals surface area contributed by atoms with Crippen molar-refractivity contribution in [1.82, 2.24) is 4.57 Å². The van der Waals surface area contributed by atoms with Gasteiger partial charge in [-0.3, -0.25) is 4.79 Å². The number of nitrogens with one attached hydrogen (secondary N) is 1. The number of methoxy groups -OCH3 is 1. The second kappa shape index (κ2) is 6.35. The van der Waals surface area contributed by atoms with Crippen molar-refractivity contribution in [3.63, 3.8) is 0 Å².